The molecular formula is C49H75N5O12. The Morgan fingerprint density at radius 1 is 0.924 bits per heavy atom. The van der Waals surface area contributed by atoms with E-state index >= 15 is 0 Å². The van der Waals surface area contributed by atoms with Gasteiger partial charge < -0.3 is 44.9 Å². The second-order valence-corrected chi connectivity index (χ2v) is 19.3. The third-order valence-corrected chi connectivity index (χ3v) is 14.2. The van der Waals surface area contributed by atoms with E-state index in [9.17, 15) is 39.3 Å². The monoisotopic (exact) mass is 926 g/mol. The minimum absolute atomic E-state index is 0.0363. The predicted molar refractivity (Wildman–Crippen MR) is 246 cm³/mol. The van der Waals surface area contributed by atoms with E-state index in [4.69, 9.17) is 30.2 Å². The molecule has 0 aromatic rings. The van der Waals surface area contributed by atoms with Crippen molar-refractivity contribution in [2.75, 3.05) is 20.8 Å². The Labute approximate surface area is 389 Å². The van der Waals surface area contributed by atoms with Crippen LogP contribution < -0.4 is 5.73 Å². The lowest BCUT2D eigenvalue weighted by molar-refractivity contribution is -0.265. The second-order valence-electron chi connectivity index (χ2n) is 19.3. The maximum atomic E-state index is 14.3. The van der Waals surface area contributed by atoms with Crippen LogP contribution in [0.5, 0.6) is 0 Å². The molecule has 15 atom stereocenters. The van der Waals surface area contributed by atoms with Crippen molar-refractivity contribution in [2.24, 2.45) is 40.4 Å². The zero-order chi connectivity index (χ0) is 48.9. The molecule has 2 saturated heterocycles. The summed E-state index contributed by atoms with van der Waals surface area (Å²) < 4.78 is 23.7. The zero-order valence-electron chi connectivity index (χ0n) is 40.1. The van der Waals surface area contributed by atoms with Crippen LogP contribution in [0.1, 0.15) is 119 Å². The van der Waals surface area contributed by atoms with Crippen LogP contribution in [-0.2, 0) is 42.9 Å². The van der Waals surface area contributed by atoms with E-state index in [2.05, 4.69) is 10.0 Å². The van der Waals surface area contributed by atoms with Gasteiger partial charge in [-0.2, -0.15) is 0 Å². The quantitative estimate of drug-likeness (QED) is 0.0638. The highest BCUT2D eigenvalue weighted by Crippen LogP contribution is 2.37. The van der Waals surface area contributed by atoms with Crippen molar-refractivity contribution >= 4 is 29.2 Å². The number of hydrogen-bond acceptors (Lipinski definition) is 14. The Hall–Kier alpha value is -4.06. The number of piperidine rings is 1. The summed E-state index contributed by atoms with van der Waals surface area (Å²) in [5.41, 5.74) is 17.0. The van der Waals surface area contributed by atoms with Crippen LogP contribution in [-0.4, -0.2) is 131 Å². The van der Waals surface area contributed by atoms with Crippen molar-refractivity contribution in [3.63, 3.8) is 0 Å². The van der Waals surface area contributed by atoms with Gasteiger partial charge in [-0.1, -0.05) is 69.3 Å². The number of amides is 1. The number of nitrogens with zero attached hydrogens (tertiary/aromatic N) is 4. The lowest BCUT2D eigenvalue weighted by atomic mass is 9.79. The number of cyclic esters (lactones) is 1. The first-order valence-corrected chi connectivity index (χ1v) is 23.7. The number of rotatable bonds is 6. The molecule has 5 N–H and O–H groups in total. The van der Waals surface area contributed by atoms with Crippen LogP contribution in [0.2, 0.25) is 0 Å². The standard InChI is InChI=1S/C49H75N5O12/c1-28-14-10-9-11-15-29(2)40(63-7)26-35-19-17-33(6)49(62,66-35)46(59)47(60)54-21-13-12-16-38(54)48(61)65-41(36(50)24-34-18-20-37(52-53-51)42(25-34)64-8)27-39(55)30(3)23-32(5)44(57)45(58)43(56)31(4)22-28/h9-11,14-15,23,28,30-31,33-38,40-42,44-45,57-58,62H,12-13,16-22,24-27,50H2,1-8H3/b11-9+,14-10+,29-15+,32-23+/t28-,30-,31-,33-,34+,35+,36-,37?,38+,40+,41+,42-,44-,45+,49-/m1/s1. The topological polar surface area (TPSA) is 261 Å². The fourth-order valence-corrected chi connectivity index (χ4v) is 9.87. The molecule has 3 fully saturated rings. The van der Waals surface area contributed by atoms with Crippen LogP contribution in [0, 0.1) is 29.6 Å². The molecule has 3 heterocycles. The van der Waals surface area contributed by atoms with Gasteiger partial charge in [-0.3, -0.25) is 19.2 Å². The maximum absolute atomic E-state index is 14.3. The molecule has 3 aliphatic heterocycles. The van der Waals surface area contributed by atoms with Gasteiger partial charge in [0, 0.05) is 62.3 Å². The Morgan fingerprint density at radius 2 is 1.65 bits per heavy atom. The first-order chi connectivity index (χ1) is 31.2. The number of nitrogens with two attached hydrogens (primary N) is 1. The largest absolute Gasteiger partial charge is 0.459 e. The molecular weight excluding hydrogens is 851 g/mol. The van der Waals surface area contributed by atoms with E-state index in [1.54, 1.807) is 27.9 Å². The van der Waals surface area contributed by atoms with Gasteiger partial charge in [0.15, 0.2) is 5.78 Å². The Balaban J connectivity index is 1.69. The number of esters is 1. The van der Waals surface area contributed by atoms with Crippen LogP contribution in [0.15, 0.2) is 52.7 Å². The molecule has 4 aliphatic rings. The summed E-state index contributed by atoms with van der Waals surface area (Å²) in [6.45, 7) is 10.3. The maximum Gasteiger partial charge on any atom is 0.329 e. The Bertz CT molecular complexity index is 1880. The zero-order valence-corrected chi connectivity index (χ0v) is 40.1. The van der Waals surface area contributed by atoms with Gasteiger partial charge in [0.05, 0.1) is 24.4 Å². The lowest BCUT2D eigenvalue weighted by Crippen LogP contribution is -2.61. The van der Waals surface area contributed by atoms with Crippen molar-refractivity contribution in [1.29, 1.82) is 0 Å². The minimum atomic E-state index is -2.47. The molecule has 0 aromatic heterocycles. The molecule has 1 aliphatic carbocycles. The van der Waals surface area contributed by atoms with Gasteiger partial charge in [-0.25, -0.2) is 4.79 Å². The Kier molecular flexibility index (Phi) is 20.9. The summed E-state index contributed by atoms with van der Waals surface area (Å²) in [4.78, 5) is 74.1. The summed E-state index contributed by atoms with van der Waals surface area (Å²) in [6.07, 6.45) is 9.24. The smallest absolute Gasteiger partial charge is 0.329 e. The number of aliphatic hydroxyl groups is 3. The number of Topliss-reactive ketones (excluding diaryl/α,β-unsaturated/α-hetero) is 3. The number of ketones is 3. The summed E-state index contributed by atoms with van der Waals surface area (Å²) in [5, 5.41) is 37.9. The fourth-order valence-electron chi connectivity index (χ4n) is 9.87. The van der Waals surface area contributed by atoms with E-state index < -0.39 is 95.4 Å². The molecule has 66 heavy (non-hydrogen) atoms. The van der Waals surface area contributed by atoms with Gasteiger partial charge in [0.2, 0.25) is 5.79 Å². The number of aliphatic hydroxyl groups excluding tert-OH is 2. The number of carbonyl (C=O) groups excluding carboxylic acids is 5. The molecule has 0 aromatic carbocycles. The molecule has 17 nitrogen and oxygen atoms in total. The molecule has 4 rings (SSSR count). The van der Waals surface area contributed by atoms with Crippen LogP contribution in [0.25, 0.3) is 10.4 Å². The molecule has 368 valence electrons. The SMILES string of the molecule is CO[C@H]1C[C@@H]2CC[C@@H](C)[C@@](O)(O2)C(=O)C(=O)N2CCCC[C@H]2C(=O)O[C@H]([C@H](N)C[C@@H]2CCC(N=[N+]=[N-])[C@H](OC)C2)CC(=O)[C@H](C)/C=C(\C)[C@@H](O)[C@@H](O)C(=O)[C@H](C)C[C@H](C)/C=C/C=C/C=C/1C. The second kappa shape index (κ2) is 25.3. The highest BCUT2D eigenvalue weighted by Gasteiger charge is 2.53. The van der Waals surface area contributed by atoms with Gasteiger partial charge in [-0.05, 0) is 107 Å². The number of hydrogen-bond donors (Lipinski definition) is 4. The number of azide groups is 1. The van der Waals surface area contributed by atoms with E-state index in [-0.39, 0.29) is 55.4 Å². The van der Waals surface area contributed by atoms with E-state index in [0.717, 1.165) is 10.5 Å². The molecule has 1 unspecified atom stereocenters. The summed E-state index contributed by atoms with van der Waals surface area (Å²) in [6, 6.07) is -2.46. The van der Waals surface area contributed by atoms with Crippen molar-refractivity contribution < 1.29 is 58.2 Å². The van der Waals surface area contributed by atoms with Crippen molar-refractivity contribution in [2.45, 2.75) is 179 Å². The molecule has 0 radical (unpaired) electrons. The first-order valence-electron chi connectivity index (χ1n) is 23.7. The van der Waals surface area contributed by atoms with Crippen LogP contribution in [0.4, 0.5) is 0 Å². The molecule has 0 spiro atoms. The number of ether oxygens (including phenoxy) is 4. The van der Waals surface area contributed by atoms with Crippen LogP contribution >= 0.6 is 0 Å². The first kappa shape index (κ1) is 54.5. The highest BCUT2D eigenvalue weighted by molar-refractivity contribution is 6.39. The van der Waals surface area contributed by atoms with Gasteiger partial charge in [0.25, 0.3) is 11.7 Å². The number of allylic oxidation sites excluding steroid dienone is 6. The van der Waals surface area contributed by atoms with Gasteiger partial charge >= 0.3 is 5.97 Å². The Morgan fingerprint density at radius 3 is 2.33 bits per heavy atom. The lowest BCUT2D eigenvalue weighted by Gasteiger charge is -2.42. The summed E-state index contributed by atoms with van der Waals surface area (Å²) >= 11 is 0. The van der Waals surface area contributed by atoms with Crippen LogP contribution in [0.3, 0.4) is 0 Å². The normalized spacial score (nSPS) is 39.8. The number of fused-ring (bicyclic) bond motifs is 3. The third kappa shape index (κ3) is 14.2. The summed E-state index contributed by atoms with van der Waals surface area (Å²) in [7, 11) is 3.09. The predicted octanol–water partition coefficient (Wildman–Crippen LogP) is 5.54. The highest BCUT2D eigenvalue weighted by atomic mass is 16.6. The van der Waals surface area contributed by atoms with E-state index in [1.807, 2.05) is 44.2 Å². The number of carbonyl (C=O) groups is 5. The number of methoxy groups -OCH3 is 2. The average molecular weight is 926 g/mol. The van der Waals surface area contributed by atoms with Crippen molar-refractivity contribution in [1.82, 2.24) is 4.90 Å². The summed E-state index contributed by atoms with van der Waals surface area (Å²) in [5.74, 6) is -8.82. The van der Waals surface area contributed by atoms with Crippen molar-refractivity contribution in [3.8, 4) is 0 Å². The molecule has 1 saturated carbocycles. The van der Waals surface area contributed by atoms with Crippen molar-refractivity contribution in [3.05, 3.63) is 58.0 Å². The molecule has 17 heteroatoms. The van der Waals surface area contributed by atoms with E-state index in [0.29, 0.717) is 57.8 Å². The van der Waals surface area contributed by atoms with Gasteiger partial charge in [-0.15, -0.1) is 0 Å². The fraction of sp³-hybridized carbons (Fsp3) is 0.735. The minimum Gasteiger partial charge on any atom is -0.459 e. The van der Waals surface area contributed by atoms with Gasteiger partial charge in [0.1, 0.15) is 30.1 Å². The molecule has 2 bridgehead atoms. The molecule has 1 amide bonds. The van der Waals surface area contributed by atoms with E-state index in [1.165, 1.54) is 20.1 Å². The average Bonchev–Trinajstić information content (AvgIpc) is 3.30. The third-order valence-electron chi connectivity index (χ3n) is 14.2.